The number of hydrazone groups is 1. The van der Waals surface area contributed by atoms with Gasteiger partial charge in [0, 0.05) is 0 Å². The Morgan fingerprint density at radius 2 is 0.878 bits per heavy atom. The molecule has 0 spiro atoms. The fourth-order valence-electron chi connectivity index (χ4n) is 5.10. The van der Waals surface area contributed by atoms with Crippen LogP contribution in [0.1, 0.15) is 122 Å². The number of benzene rings is 3. The highest BCUT2D eigenvalue weighted by atomic mass is 16.3. The number of aromatic hydroxyl groups is 2. The van der Waals surface area contributed by atoms with Gasteiger partial charge in [-0.1, -0.05) is 113 Å². The molecule has 0 fully saturated rings. The van der Waals surface area contributed by atoms with Crippen molar-refractivity contribution < 1.29 is 10.2 Å². The summed E-state index contributed by atoms with van der Waals surface area (Å²) in [5.74, 6) is 0.771. The lowest BCUT2D eigenvalue weighted by Gasteiger charge is -2.30. The van der Waals surface area contributed by atoms with Gasteiger partial charge in [-0.25, -0.2) is 0 Å². The minimum absolute atomic E-state index is 0.210. The third-order valence-electron chi connectivity index (χ3n) is 7.47. The topological polar surface area (TPSA) is 56.1 Å². The maximum Gasteiger partial charge on any atom is 0.123 e. The predicted octanol–water partition coefficient (Wildman–Crippen LogP) is 9.32. The number of phenolic OH excluding ortho intramolecular Hbond substituents is 2. The van der Waals surface area contributed by atoms with Gasteiger partial charge >= 0.3 is 0 Å². The van der Waals surface area contributed by atoms with E-state index in [1.54, 1.807) is 0 Å². The normalized spacial score (nSPS) is 13.2. The molecule has 0 saturated heterocycles. The molecule has 0 aliphatic rings. The second kappa shape index (κ2) is 11.5. The van der Waals surface area contributed by atoms with Crippen LogP contribution in [0.4, 0.5) is 0 Å². The number of rotatable bonds is 6. The van der Waals surface area contributed by atoms with E-state index in [-0.39, 0.29) is 21.7 Å². The molecule has 4 nitrogen and oxygen atoms in total. The highest BCUT2D eigenvalue weighted by Gasteiger charge is 2.28. The number of nitrogens with zero attached hydrogens (tertiary/aromatic N) is 2. The summed E-state index contributed by atoms with van der Waals surface area (Å²) in [6.07, 6.45) is 1.91. The average Bonchev–Trinajstić information content (AvgIpc) is 2.82. The zero-order valence-electron chi connectivity index (χ0n) is 27.5. The fourth-order valence-corrected chi connectivity index (χ4v) is 5.10. The van der Waals surface area contributed by atoms with Gasteiger partial charge in [-0.15, -0.1) is 0 Å². The van der Waals surface area contributed by atoms with Crippen molar-refractivity contribution in [1.29, 1.82) is 0 Å². The Bertz CT molecular complexity index is 1220. The number of hydrogen-bond donors (Lipinski definition) is 2. The highest BCUT2D eigenvalue weighted by molar-refractivity contribution is 5.79. The smallest absolute Gasteiger partial charge is 0.123 e. The molecule has 3 aromatic rings. The third-order valence-corrected chi connectivity index (χ3v) is 7.47. The Morgan fingerprint density at radius 3 is 1.17 bits per heavy atom. The molecule has 0 amide bonds. The second-order valence-corrected chi connectivity index (χ2v) is 15.6. The molecular formula is C37H52N2O2. The molecule has 222 valence electrons. The fraction of sp³-hybridized carbons (Fsp3) is 0.486. The molecule has 0 aliphatic heterocycles. The molecule has 4 heteroatoms. The van der Waals surface area contributed by atoms with Crippen LogP contribution in [0, 0.1) is 0 Å². The Labute approximate surface area is 249 Å². The first-order valence-electron chi connectivity index (χ1n) is 14.8. The van der Waals surface area contributed by atoms with Gasteiger partial charge in [-0.2, -0.15) is 5.10 Å². The average molecular weight is 557 g/mol. The van der Waals surface area contributed by atoms with Crippen molar-refractivity contribution in [1.82, 2.24) is 5.01 Å². The van der Waals surface area contributed by atoms with Gasteiger partial charge < -0.3 is 10.2 Å². The summed E-state index contributed by atoms with van der Waals surface area (Å²) in [4.78, 5) is 0. The van der Waals surface area contributed by atoms with Crippen LogP contribution in [-0.4, -0.2) is 21.4 Å². The van der Waals surface area contributed by atoms with Crippen LogP contribution in [0.15, 0.2) is 59.7 Å². The Hall–Kier alpha value is -3.27. The van der Waals surface area contributed by atoms with E-state index in [0.717, 1.165) is 38.9 Å². The number of hydrogen-bond acceptors (Lipinski definition) is 4. The minimum atomic E-state index is -0.210. The van der Waals surface area contributed by atoms with Gasteiger partial charge in [0.15, 0.2) is 0 Å². The van der Waals surface area contributed by atoms with Gasteiger partial charge in [-0.3, -0.25) is 5.01 Å². The van der Waals surface area contributed by atoms with Gasteiger partial charge in [0.1, 0.15) is 11.5 Å². The standard InChI is InChI=1S/C37H52N2O2/c1-34(2,3)28-18-26(19-29(32(28)40)35(4,5)6)23-39(38-22-25-16-14-13-15-17-25)24-27-20-30(36(7,8)9)33(41)31(21-27)37(10,11)12/h13-22,40-41H,23-24H2,1-12H3. The van der Waals surface area contributed by atoms with E-state index in [2.05, 4.69) is 112 Å². The molecule has 0 radical (unpaired) electrons. The van der Waals surface area contributed by atoms with Crippen LogP contribution in [0.2, 0.25) is 0 Å². The summed E-state index contributed by atoms with van der Waals surface area (Å²) in [6, 6.07) is 18.7. The van der Waals surface area contributed by atoms with Crippen LogP contribution >= 0.6 is 0 Å². The van der Waals surface area contributed by atoms with E-state index in [1.165, 1.54) is 0 Å². The lowest BCUT2D eigenvalue weighted by atomic mass is 9.78. The van der Waals surface area contributed by atoms with Gasteiger partial charge in [0.2, 0.25) is 0 Å². The summed E-state index contributed by atoms with van der Waals surface area (Å²) in [5.41, 5.74) is 6.19. The van der Waals surface area contributed by atoms with Crippen LogP contribution in [0.3, 0.4) is 0 Å². The lowest BCUT2D eigenvalue weighted by Crippen LogP contribution is -2.22. The van der Waals surface area contributed by atoms with Crippen molar-refractivity contribution in [3.8, 4) is 11.5 Å². The first-order chi connectivity index (χ1) is 18.7. The molecule has 0 aliphatic carbocycles. The third kappa shape index (κ3) is 8.15. The van der Waals surface area contributed by atoms with Gasteiger partial charge in [-0.05, 0) is 84.9 Å². The van der Waals surface area contributed by atoms with E-state index in [4.69, 9.17) is 5.10 Å². The van der Waals surface area contributed by atoms with Crippen molar-refractivity contribution in [2.75, 3.05) is 0 Å². The molecule has 0 saturated carbocycles. The summed E-state index contributed by atoms with van der Waals surface area (Å²) in [5, 5.41) is 29.6. The van der Waals surface area contributed by atoms with E-state index in [9.17, 15) is 10.2 Å². The molecule has 41 heavy (non-hydrogen) atoms. The van der Waals surface area contributed by atoms with Crippen molar-refractivity contribution >= 4 is 6.21 Å². The van der Waals surface area contributed by atoms with Crippen LogP contribution in [0.25, 0.3) is 0 Å². The zero-order valence-corrected chi connectivity index (χ0v) is 27.5. The van der Waals surface area contributed by atoms with Gasteiger partial charge in [0.05, 0.1) is 19.3 Å². The van der Waals surface area contributed by atoms with Crippen LogP contribution in [0.5, 0.6) is 11.5 Å². The minimum Gasteiger partial charge on any atom is -0.507 e. The molecule has 3 aromatic carbocycles. The van der Waals surface area contributed by atoms with E-state index in [1.807, 2.05) is 36.5 Å². The highest BCUT2D eigenvalue weighted by Crippen LogP contribution is 2.41. The molecular weight excluding hydrogens is 504 g/mol. The summed E-state index contributed by atoms with van der Waals surface area (Å²) in [6.45, 7) is 26.8. The summed E-state index contributed by atoms with van der Waals surface area (Å²) in [7, 11) is 0. The lowest BCUT2D eigenvalue weighted by molar-refractivity contribution is 0.271. The van der Waals surface area contributed by atoms with Gasteiger partial charge in [0.25, 0.3) is 0 Å². The van der Waals surface area contributed by atoms with Crippen LogP contribution in [-0.2, 0) is 34.7 Å². The summed E-state index contributed by atoms with van der Waals surface area (Å²) >= 11 is 0. The van der Waals surface area contributed by atoms with Crippen molar-refractivity contribution in [2.45, 2.75) is 118 Å². The molecule has 2 N–H and O–H groups in total. The zero-order chi connectivity index (χ0) is 31.0. The van der Waals surface area contributed by atoms with Crippen molar-refractivity contribution in [3.05, 3.63) is 93.5 Å². The monoisotopic (exact) mass is 556 g/mol. The molecule has 0 heterocycles. The molecule has 0 aromatic heterocycles. The van der Waals surface area contributed by atoms with Crippen molar-refractivity contribution in [3.63, 3.8) is 0 Å². The maximum absolute atomic E-state index is 11.3. The Kier molecular flexibility index (Phi) is 9.08. The molecule has 0 unspecified atom stereocenters. The second-order valence-electron chi connectivity index (χ2n) is 15.6. The maximum atomic E-state index is 11.3. The van der Waals surface area contributed by atoms with E-state index in [0.29, 0.717) is 24.6 Å². The molecule has 0 atom stereocenters. The molecule has 0 bridgehead atoms. The Balaban J connectivity index is 2.16. The van der Waals surface area contributed by atoms with Crippen molar-refractivity contribution in [2.24, 2.45) is 5.10 Å². The predicted molar refractivity (Wildman–Crippen MR) is 174 cm³/mol. The SMILES string of the molecule is CC(C)(C)c1cc(CN(Cc2cc(C(C)(C)C)c(O)c(C(C)(C)C)c2)N=Cc2ccccc2)cc(C(C)(C)C)c1O. The van der Waals surface area contributed by atoms with Crippen LogP contribution < -0.4 is 0 Å². The number of phenols is 2. The van der Waals surface area contributed by atoms with E-state index >= 15 is 0 Å². The first-order valence-corrected chi connectivity index (χ1v) is 14.8. The van der Waals surface area contributed by atoms with E-state index < -0.39 is 0 Å². The quantitative estimate of drug-likeness (QED) is 0.235. The summed E-state index contributed by atoms with van der Waals surface area (Å²) < 4.78 is 0. The Morgan fingerprint density at radius 1 is 0.561 bits per heavy atom. The largest absolute Gasteiger partial charge is 0.507 e. The first kappa shape index (κ1) is 32.2. The molecule has 3 rings (SSSR count).